The quantitative estimate of drug-likeness (QED) is 0.315. The number of carbonyl (C=O) groups excluding carboxylic acids is 1. The van der Waals surface area contributed by atoms with E-state index in [2.05, 4.69) is 20.6 Å². The molecule has 0 aliphatic carbocycles. The summed E-state index contributed by atoms with van der Waals surface area (Å²) in [5, 5.41) is 7.02. The molecule has 0 bridgehead atoms. The van der Waals surface area contributed by atoms with Crippen molar-refractivity contribution in [2.75, 3.05) is 11.9 Å². The topological polar surface area (TPSA) is 79.0 Å². The molecule has 0 aliphatic rings. The largest absolute Gasteiger partial charge is 0.484 e. The van der Waals surface area contributed by atoms with Crippen LogP contribution in [0.2, 0.25) is 10.0 Å². The zero-order valence-electron chi connectivity index (χ0n) is 16.9. The fraction of sp³-hybridized carbons (Fsp3) is 0.0870. The van der Waals surface area contributed by atoms with E-state index in [0.29, 0.717) is 15.8 Å². The molecule has 162 valence electrons. The maximum absolute atomic E-state index is 12.0. The molecule has 0 spiro atoms. The van der Waals surface area contributed by atoms with Gasteiger partial charge in [0, 0.05) is 21.3 Å². The molecule has 1 amide bonds. The Morgan fingerprint density at radius 3 is 2.53 bits per heavy atom. The van der Waals surface area contributed by atoms with Crippen LogP contribution >= 0.6 is 35.4 Å². The van der Waals surface area contributed by atoms with Gasteiger partial charge < -0.3 is 15.0 Å². The highest BCUT2D eigenvalue weighted by molar-refractivity contribution is 7.80. The predicted molar refractivity (Wildman–Crippen MR) is 133 cm³/mol. The second-order valence-electron chi connectivity index (χ2n) is 7.03. The van der Waals surface area contributed by atoms with Crippen LogP contribution in [0.25, 0.3) is 22.4 Å². The summed E-state index contributed by atoms with van der Waals surface area (Å²) in [5.74, 6) is 0.913. The summed E-state index contributed by atoms with van der Waals surface area (Å²) in [5.41, 5.74) is 4.36. The van der Waals surface area contributed by atoms with Gasteiger partial charge in [-0.25, -0.2) is 4.98 Å². The third-order valence-electron chi connectivity index (χ3n) is 4.62. The first-order chi connectivity index (χ1) is 15.4. The summed E-state index contributed by atoms with van der Waals surface area (Å²) < 4.78 is 5.40. The van der Waals surface area contributed by atoms with Crippen LogP contribution in [-0.4, -0.2) is 27.6 Å². The molecule has 32 heavy (non-hydrogen) atoms. The van der Waals surface area contributed by atoms with Crippen LogP contribution in [0.15, 0.2) is 60.7 Å². The minimum absolute atomic E-state index is 0.169. The van der Waals surface area contributed by atoms with Gasteiger partial charge in [-0.2, -0.15) is 0 Å². The van der Waals surface area contributed by atoms with Gasteiger partial charge in [0.2, 0.25) is 0 Å². The average Bonchev–Trinajstić information content (AvgIpc) is 3.16. The summed E-state index contributed by atoms with van der Waals surface area (Å²) in [6.07, 6.45) is 0. The van der Waals surface area contributed by atoms with Crippen LogP contribution < -0.4 is 15.4 Å². The van der Waals surface area contributed by atoms with E-state index in [0.717, 1.165) is 33.7 Å². The normalized spacial score (nSPS) is 10.7. The number of anilines is 1. The summed E-state index contributed by atoms with van der Waals surface area (Å²) in [6, 6.07) is 18.1. The lowest BCUT2D eigenvalue weighted by molar-refractivity contribution is -0.121. The SMILES string of the molecule is Cc1cc2[nH]c(-c3ccc(NC(=S)NC(=O)COc4ccc(Cl)cc4)cc3)nc2cc1Cl. The molecule has 1 heterocycles. The molecule has 0 radical (unpaired) electrons. The fourth-order valence-electron chi connectivity index (χ4n) is 2.99. The summed E-state index contributed by atoms with van der Waals surface area (Å²) in [4.78, 5) is 19.9. The van der Waals surface area contributed by atoms with Crippen LogP contribution in [0.5, 0.6) is 5.75 Å². The lowest BCUT2D eigenvalue weighted by Crippen LogP contribution is -2.37. The van der Waals surface area contributed by atoms with E-state index < -0.39 is 0 Å². The van der Waals surface area contributed by atoms with E-state index in [1.807, 2.05) is 43.3 Å². The molecule has 6 nitrogen and oxygen atoms in total. The number of fused-ring (bicyclic) bond motifs is 1. The Labute approximate surface area is 199 Å². The average molecular weight is 485 g/mol. The lowest BCUT2D eigenvalue weighted by Gasteiger charge is -2.11. The number of halogens is 2. The number of aromatic nitrogens is 2. The second-order valence-corrected chi connectivity index (χ2v) is 8.28. The number of carbonyl (C=O) groups is 1. The second kappa shape index (κ2) is 9.56. The number of hydrogen-bond acceptors (Lipinski definition) is 4. The maximum atomic E-state index is 12.0. The molecule has 4 rings (SSSR count). The monoisotopic (exact) mass is 484 g/mol. The predicted octanol–water partition coefficient (Wildman–Crippen LogP) is 5.74. The fourth-order valence-corrected chi connectivity index (χ4v) is 3.51. The highest BCUT2D eigenvalue weighted by Crippen LogP contribution is 2.26. The van der Waals surface area contributed by atoms with Gasteiger partial charge in [-0.05, 0) is 85.4 Å². The lowest BCUT2D eigenvalue weighted by atomic mass is 10.2. The molecule has 1 aromatic heterocycles. The number of thiocarbonyl (C=S) groups is 1. The Morgan fingerprint density at radius 2 is 1.81 bits per heavy atom. The number of imidazole rings is 1. The molecular weight excluding hydrogens is 467 g/mol. The van der Waals surface area contributed by atoms with E-state index in [1.165, 1.54) is 0 Å². The molecule has 0 atom stereocenters. The van der Waals surface area contributed by atoms with Gasteiger partial charge in [-0.3, -0.25) is 10.1 Å². The molecule has 0 saturated heterocycles. The van der Waals surface area contributed by atoms with Gasteiger partial charge in [-0.15, -0.1) is 0 Å². The summed E-state index contributed by atoms with van der Waals surface area (Å²) >= 11 is 17.2. The zero-order valence-corrected chi connectivity index (χ0v) is 19.2. The number of H-pyrrole nitrogens is 1. The van der Waals surface area contributed by atoms with Crippen molar-refractivity contribution in [2.45, 2.75) is 6.92 Å². The number of amides is 1. The van der Waals surface area contributed by atoms with Crippen molar-refractivity contribution in [3.05, 3.63) is 76.3 Å². The smallest absolute Gasteiger partial charge is 0.264 e. The third kappa shape index (κ3) is 5.37. The Kier molecular flexibility index (Phi) is 6.60. The van der Waals surface area contributed by atoms with Crippen molar-refractivity contribution in [1.29, 1.82) is 0 Å². The van der Waals surface area contributed by atoms with E-state index in [9.17, 15) is 4.79 Å². The number of ether oxygens (including phenoxy) is 1. The van der Waals surface area contributed by atoms with Gasteiger partial charge in [0.05, 0.1) is 11.0 Å². The Bertz CT molecular complexity index is 1250. The maximum Gasteiger partial charge on any atom is 0.264 e. The molecule has 3 N–H and O–H groups in total. The minimum Gasteiger partial charge on any atom is -0.484 e. The van der Waals surface area contributed by atoms with Crippen molar-refractivity contribution in [1.82, 2.24) is 15.3 Å². The first kappa shape index (κ1) is 22.1. The van der Waals surface area contributed by atoms with E-state index in [-0.39, 0.29) is 17.6 Å². The molecule has 0 aliphatic heterocycles. The van der Waals surface area contributed by atoms with Crippen LogP contribution in [0.3, 0.4) is 0 Å². The van der Waals surface area contributed by atoms with Crippen LogP contribution in [-0.2, 0) is 4.79 Å². The first-order valence-electron chi connectivity index (χ1n) is 9.63. The molecular formula is C23H18Cl2N4O2S. The number of benzene rings is 3. The van der Waals surface area contributed by atoms with Gasteiger partial charge in [-0.1, -0.05) is 23.2 Å². The summed E-state index contributed by atoms with van der Waals surface area (Å²) in [6.45, 7) is 1.78. The molecule has 0 fully saturated rings. The standard InChI is InChI=1S/C23H18Cl2N4O2S/c1-13-10-19-20(11-18(13)25)28-22(27-19)14-2-6-16(7-3-14)26-23(32)29-21(30)12-31-17-8-4-15(24)5-9-17/h2-11H,12H2,1H3,(H,27,28)(H2,26,29,30,32). The highest BCUT2D eigenvalue weighted by Gasteiger charge is 2.09. The minimum atomic E-state index is -0.370. The van der Waals surface area contributed by atoms with Crippen molar-refractivity contribution in [2.24, 2.45) is 0 Å². The van der Waals surface area contributed by atoms with E-state index in [4.69, 9.17) is 40.2 Å². The molecule has 4 aromatic rings. The van der Waals surface area contributed by atoms with Crippen molar-refractivity contribution in [3.63, 3.8) is 0 Å². The Morgan fingerprint density at radius 1 is 1.09 bits per heavy atom. The van der Waals surface area contributed by atoms with Gasteiger partial charge >= 0.3 is 0 Å². The number of hydrogen-bond donors (Lipinski definition) is 3. The molecule has 0 unspecified atom stereocenters. The number of aryl methyl sites for hydroxylation is 1. The van der Waals surface area contributed by atoms with Gasteiger partial charge in [0.15, 0.2) is 11.7 Å². The summed E-state index contributed by atoms with van der Waals surface area (Å²) in [7, 11) is 0. The first-order valence-corrected chi connectivity index (χ1v) is 10.8. The Balaban J connectivity index is 1.33. The number of aromatic amines is 1. The van der Waals surface area contributed by atoms with Crippen molar-refractivity contribution in [3.8, 4) is 17.1 Å². The van der Waals surface area contributed by atoms with Crippen molar-refractivity contribution < 1.29 is 9.53 Å². The van der Waals surface area contributed by atoms with Gasteiger partial charge in [0.25, 0.3) is 5.91 Å². The van der Waals surface area contributed by atoms with E-state index in [1.54, 1.807) is 24.3 Å². The van der Waals surface area contributed by atoms with Crippen molar-refractivity contribution >= 4 is 63.2 Å². The van der Waals surface area contributed by atoms with E-state index >= 15 is 0 Å². The Hall–Kier alpha value is -3.13. The van der Waals surface area contributed by atoms with Crippen LogP contribution in [0.4, 0.5) is 5.69 Å². The molecule has 3 aromatic carbocycles. The molecule has 0 saturated carbocycles. The van der Waals surface area contributed by atoms with Crippen LogP contribution in [0.1, 0.15) is 5.56 Å². The molecule has 9 heteroatoms. The van der Waals surface area contributed by atoms with Gasteiger partial charge in [0.1, 0.15) is 11.6 Å². The third-order valence-corrected chi connectivity index (χ3v) is 5.48. The number of rotatable bonds is 5. The highest BCUT2D eigenvalue weighted by atomic mass is 35.5. The zero-order chi connectivity index (χ0) is 22.7. The van der Waals surface area contributed by atoms with Crippen LogP contribution in [0, 0.1) is 6.92 Å². The number of nitrogens with zero attached hydrogens (tertiary/aromatic N) is 1. The number of nitrogens with one attached hydrogen (secondary N) is 3.